The predicted molar refractivity (Wildman–Crippen MR) is 116 cm³/mol. The number of carbonyl (C=O) groups excluding carboxylic acids is 2. The number of para-hydroxylation sites is 2. The Morgan fingerprint density at radius 1 is 1.10 bits per heavy atom. The maximum absolute atomic E-state index is 12.6. The van der Waals surface area contributed by atoms with Crippen molar-refractivity contribution in [3.8, 4) is 5.75 Å². The number of amides is 2. The first-order valence-corrected chi connectivity index (χ1v) is 10.7. The lowest BCUT2D eigenvalue weighted by molar-refractivity contribution is -0.139. The zero-order valence-electron chi connectivity index (χ0n) is 18.1. The number of ether oxygens (including phenoxy) is 2. The molecule has 3 rings (SSSR count). The van der Waals surface area contributed by atoms with E-state index in [4.69, 9.17) is 9.47 Å². The molecule has 1 atom stereocenters. The second kappa shape index (κ2) is 10.3. The Kier molecular flexibility index (Phi) is 7.57. The summed E-state index contributed by atoms with van der Waals surface area (Å²) in [6.07, 6.45) is 0.632. The van der Waals surface area contributed by atoms with E-state index in [1.54, 1.807) is 6.92 Å². The molecule has 8 nitrogen and oxygen atoms in total. The summed E-state index contributed by atoms with van der Waals surface area (Å²) in [4.78, 5) is 29.2. The molecule has 1 fully saturated rings. The van der Waals surface area contributed by atoms with Crippen molar-refractivity contribution >= 4 is 17.7 Å². The first-order valence-electron chi connectivity index (χ1n) is 10.7. The average molecular weight is 417 g/mol. The molecule has 0 aliphatic carbocycles. The van der Waals surface area contributed by atoms with Gasteiger partial charge in [0.25, 0.3) is 0 Å². The van der Waals surface area contributed by atoms with E-state index in [1.807, 2.05) is 32.0 Å². The highest BCUT2D eigenvalue weighted by Gasteiger charge is 2.32. The number of nitrogens with zero attached hydrogens (tertiary/aromatic N) is 2. The summed E-state index contributed by atoms with van der Waals surface area (Å²) in [6, 6.07) is 7.49. The van der Waals surface area contributed by atoms with Gasteiger partial charge in [-0.15, -0.1) is 0 Å². The fourth-order valence-electron chi connectivity index (χ4n) is 3.95. The van der Waals surface area contributed by atoms with Crippen LogP contribution in [0.15, 0.2) is 35.5 Å². The van der Waals surface area contributed by atoms with Crippen molar-refractivity contribution in [1.29, 1.82) is 0 Å². The number of urea groups is 1. The molecule has 1 aromatic carbocycles. The zero-order chi connectivity index (χ0) is 21.5. The fourth-order valence-corrected chi connectivity index (χ4v) is 3.95. The van der Waals surface area contributed by atoms with Gasteiger partial charge in [-0.1, -0.05) is 19.1 Å². The Balaban J connectivity index is 1.70. The van der Waals surface area contributed by atoms with E-state index in [2.05, 4.69) is 26.5 Å². The summed E-state index contributed by atoms with van der Waals surface area (Å²) in [7, 11) is 0. The number of carbonyl (C=O) groups is 2. The van der Waals surface area contributed by atoms with Crippen LogP contribution in [0.5, 0.6) is 5.75 Å². The molecule has 0 saturated carbocycles. The summed E-state index contributed by atoms with van der Waals surface area (Å²) in [5.41, 5.74) is 2.28. The van der Waals surface area contributed by atoms with E-state index >= 15 is 0 Å². The molecule has 8 heteroatoms. The highest BCUT2D eigenvalue weighted by atomic mass is 16.5. The Hall–Kier alpha value is -2.74. The summed E-state index contributed by atoms with van der Waals surface area (Å²) in [5.74, 6) is 0.535. The molecule has 1 aromatic rings. The minimum absolute atomic E-state index is 0.269. The van der Waals surface area contributed by atoms with Crippen LogP contribution in [0.1, 0.15) is 27.2 Å². The van der Waals surface area contributed by atoms with E-state index in [9.17, 15) is 9.59 Å². The highest BCUT2D eigenvalue weighted by Crippen LogP contribution is 2.29. The topological polar surface area (TPSA) is 83.1 Å². The highest BCUT2D eigenvalue weighted by molar-refractivity contribution is 5.94. The maximum atomic E-state index is 12.6. The number of hydrogen-bond donors (Lipinski definition) is 2. The summed E-state index contributed by atoms with van der Waals surface area (Å²) in [6.45, 7) is 10.5. The molecule has 0 aromatic heterocycles. The van der Waals surface area contributed by atoms with Gasteiger partial charge in [0, 0.05) is 38.4 Å². The third-order valence-electron chi connectivity index (χ3n) is 5.41. The van der Waals surface area contributed by atoms with Gasteiger partial charge in [0.05, 0.1) is 30.5 Å². The lowest BCUT2D eigenvalue weighted by Crippen LogP contribution is -2.54. The largest absolute Gasteiger partial charge is 0.492 e. The maximum Gasteiger partial charge on any atom is 0.337 e. The molecule has 2 amide bonds. The van der Waals surface area contributed by atoms with Crippen LogP contribution in [0.3, 0.4) is 0 Å². The molecule has 2 aliphatic heterocycles. The van der Waals surface area contributed by atoms with Gasteiger partial charge in [-0.2, -0.15) is 0 Å². The Bertz CT molecular complexity index is 787. The van der Waals surface area contributed by atoms with Crippen LogP contribution in [0.25, 0.3) is 0 Å². The van der Waals surface area contributed by atoms with Gasteiger partial charge in [0.15, 0.2) is 0 Å². The Morgan fingerprint density at radius 3 is 2.50 bits per heavy atom. The quantitative estimate of drug-likeness (QED) is 0.632. The van der Waals surface area contributed by atoms with Gasteiger partial charge >= 0.3 is 12.0 Å². The minimum atomic E-state index is -0.365. The summed E-state index contributed by atoms with van der Waals surface area (Å²) >= 11 is 0. The number of rotatable bonds is 8. The molecule has 30 heavy (non-hydrogen) atoms. The van der Waals surface area contributed by atoms with Crippen molar-refractivity contribution in [3.63, 3.8) is 0 Å². The zero-order valence-corrected chi connectivity index (χ0v) is 18.1. The third-order valence-corrected chi connectivity index (χ3v) is 5.41. The second-order valence-corrected chi connectivity index (χ2v) is 7.34. The van der Waals surface area contributed by atoms with Gasteiger partial charge in [-0.25, -0.2) is 9.59 Å². The van der Waals surface area contributed by atoms with Gasteiger partial charge in [-0.3, -0.25) is 4.90 Å². The van der Waals surface area contributed by atoms with Crippen molar-refractivity contribution in [3.05, 3.63) is 35.5 Å². The summed E-state index contributed by atoms with van der Waals surface area (Å²) < 4.78 is 11.0. The van der Waals surface area contributed by atoms with Gasteiger partial charge in [0.2, 0.25) is 0 Å². The van der Waals surface area contributed by atoms with E-state index in [1.165, 1.54) is 0 Å². The minimum Gasteiger partial charge on any atom is -0.492 e. The molecule has 2 aliphatic rings. The van der Waals surface area contributed by atoms with Gasteiger partial charge in [-0.05, 0) is 32.4 Å². The van der Waals surface area contributed by atoms with Crippen LogP contribution >= 0.6 is 0 Å². The van der Waals surface area contributed by atoms with Crippen molar-refractivity contribution in [1.82, 2.24) is 15.5 Å². The van der Waals surface area contributed by atoms with Crippen molar-refractivity contribution in [2.45, 2.75) is 33.2 Å². The third kappa shape index (κ3) is 5.05. The summed E-state index contributed by atoms with van der Waals surface area (Å²) in [5, 5.41) is 5.66. The normalized spacial score (nSPS) is 19.9. The first kappa shape index (κ1) is 22.0. The Labute approximate surface area is 178 Å². The molecule has 2 heterocycles. The lowest BCUT2D eigenvalue weighted by atomic mass is 10.00. The SMILES string of the molecule is CCOC(=O)C1=C(CN2CCN(c3ccccc3OCC)CC2)NC(=O)N[C@H]1CC. The molecule has 0 unspecified atom stereocenters. The van der Waals surface area contributed by atoms with Crippen LogP contribution < -0.4 is 20.3 Å². The number of hydrogen-bond acceptors (Lipinski definition) is 6. The molecule has 2 N–H and O–H groups in total. The predicted octanol–water partition coefficient (Wildman–Crippen LogP) is 2.12. The second-order valence-electron chi connectivity index (χ2n) is 7.34. The van der Waals surface area contributed by atoms with E-state index in [0.717, 1.165) is 37.6 Å². The van der Waals surface area contributed by atoms with Crippen LogP contribution in [0.2, 0.25) is 0 Å². The van der Waals surface area contributed by atoms with Crippen LogP contribution in [0.4, 0.5) is 10.5 Å². The van der Waals surface area contributed by atoms with E-state index in [0.29, 0.717) is 37.4 Å². The lowest BCUT2D eigenvalue weighted by Gasteiger charge is -2.38. The molecule has 0 bridgehead atoms. The molecule has 1 saturated heterocycles. The van der Waals surface area contributed by atoms with Crippen LogP contribution in [-0.2, 0) is 9.53 Å². The van der Waals surface area contributed by atoms with Crippen molar-refractivity contribution in [2.75, 3.05) is 50.8 Å². The van der Waals surface area contributed by atoms with Crippen molar-refractivity contribution in [2.24, 2.45) is 0 Å². The van der Waals surface area contributed by atoms with Crippen LogP contribution in [0, 0.1) is 0 Å². The fraction of sp³-hybridized carbons (Fsp3) is 0.545. The smallest absolute Gasteiger partial charge is 0.337 e. The standard InChI is InChI=1S/C22H32N4O4/c1-4-16-20(21(27)30-6-3)17(24-22(28)23-16)15-25-11-13-26(14-12-25)18-9-7-8-10-19(18)29-5-2/h7-10,16H,4-6,11-15H2,1-3H3,(H2,23,24,28)/t16-/m0/s1. The number of esters is 1. The van der Waals surface area contributed by atoms with Crippen LogP contribution in [-0.4, -0.2) is 68.9 Å². The van der Waals surface area contributed by atoms with Crippen molar-refractivity contribution < 1.29 is 19.1 Å². The van der Waals surface area contributed by atoms with Gasteiger partial charge in [0.1, 0.15) is 5.75 Å². The average Bonchev–Trinajstić information content (AvgIpc) is 2.74. The number of benzene rings is 1. The monoisotopic (exact) mass is 416 g/mol. The number of anilines is 1. The van der Waals surface area contributed by atoms with E-state index < -0.39 is 0 Å². The molecular weight excluding hydrogens is 384 g/mol. The molecule has 164 valence electrons. The first-order chi connectivity index (χ1) is 14.6. The van der Waals surface area contributed by atoms with Gasteiger partial charge < -0.3 is 25.0 Å². The van der Waals surface area contributed by atoms with E-state index in [-0.39, 0.29) is 18.0 Å². The molecule has 0 spiro atoms. The number of piperazine rings is 1. The number of nitrogens with one attached hydrogen (secondary N) is 2. The Morgan fingerprint density at radius 2 is 1.83 bits per heavy atom. The molecular formula is C22H32N4O4. The molecule has 0 radical (unpaired) electrons.